The fraction of sp³-hybridized carbons (Fsp3) is 0.333. The molecule has 0 spiro atoms. The number of morpholine rings is 1. The predicted octanol–water partition coefficient (Wildman–Crippen LogP) is 1.41. The van der Waals surface area contributed by atoms with Gasteiger partial charge in [-0.15, -0.1) is 0 Å². The van der Waals surface area contributed by atoms with Gasteiger partial charge in [-0.3, -0.25) is 14.4 Å². The maximum Gasteiger partial charge on any atom is 0.274 e. The van der Waals surface area contributed by atoms with Gasteiger partial charge in [0, 0.05) is 43.9 Å². The molecular formula is C24H27N5O4. The number of nitrogens with zero attached hydrogens (tertiary/aromatic N) is 4. The van der Waals surface area contributed by atoms with Gasteiger partial charge in [-0.1, -0.05) is 18.2 Å². The summed E-state index contributed by atoms with van der Waals surface area (Å²) in [6.07, 6.45) is -0.00728. The number of carbonyl (C=O) groups excluding carboxylic acids is 2. The van der Waals surface area contributed by atoms with Gasteiger partial charge in [0.25, 0.3) is 5.56 Å². The largest absolute Gasteiger partial charge is 0.378 e. The van der Waals surface area contributed by atoms with Gasteiger partial charge in [0.2, 0.25) is 11.8 Å². The van der Waals surface area contributed by atoms with E-state index in [1.54, 1.807) is 38.4 Å². The molecule has 0 atom stereocenters. The smallest absolute Gasteiger partial charge is 0.274 e. The number of aromatic nitrogens is 2. The number of amides is 2. The summed E-state index contributed by atoms with van der Waals surface area (Å²) in [5.74, 6) is -0.549. The Morgan fingerprint density at radius 1 is 1.06 bits per heavy atom. The van der Waals surface area contributed by atoms with E-state index in [2.05, 4.69) is 15.3 Å². The Hall–Kier alpha value is -3.72. The standard InChI is InChI=1S/C24H27N5O4/c1-27(23(31)15-21-19-5-3-4-6-20(19)24(32)28(2)26-21)16-22(30)25-17-7-9-18(10-8-17)29-11-13-33-14-12-29/h3-10H,11-16H2,1-2H3,(H,25,30). The number of hydrogen-bond donors (Lipinski definition) is 1. The fourth-order valence-corrected chi connectivity index (χ4v) is 3.87. The second kappa shape index (κ2) is 9.83. The Bertz CT molecular complexity index is 1220. The predicted molar refractivity (Wildman–Crippen MR) is 126 cm³/mol. The van der Waals surface area contributed by atoms with Crippen LogP contribution in [0.2, 0.25) is 0 Å². The molecule has 0 saturated carbocycles. The molecule has 0 radical (unpaired) electrons. The van der Waals surface area contributed by atoms with Crippen LogP contribution in [0.1, 0.15) is 5.69 Å². The molecule has 2 aromatic carbocycles. The summed E-state index contributed by atoms with van der Waals surface area (Å²) in [4.78, 5) is 41.1. The van der Waals surface area contributed by atoms with Gasteiger partial charge in [-0.25, -0.2) is 4.68 Å². The van der Waals surface area contributed by atoms with E-state index in [1.165, 1.54) is 9.58 Å². The van der Waals surface area contributed by atoms with E-state index in [4.69, 9.17) is 4.74 Å². The van der Waals surface area contributed by atoms with Crippen LogP contribution < -0.4 is 15.8 Å². The average molecular weight is 450 g/mol. The molecule has 172 valence electrons. The zero-order valence-corrected chi connectivity index (χ0v) is 18.8. The van der Waals surface area contributed by atoms with Gasteiger partial charge in [-0.2, -0.15) is 5.10 Å². The summed E-state index contributed by atoms with van der Waals surface area (Å²) in [5.41, 5.74) is 2.04. The molecule has 3 aromatic rings. The molecule has 2 heterocycles. The highest BCUT2D eigenvalue weighted by Gasteiger charge is 2.18. The fourth-order valence-electron chi connectivity index (χ4n) is 3.87. The van der Waals surface area contributed by atoms with Crippen molar-refractivity contribution in [3.05, 3.63) is 64.6 Å². The van der Waals surface area contributed by atoms with E-state index in [0.29, 0.717) is 35.4 Å². The molecule has 1 fully saturated rings. The van der Waals surface area contributed by atoms with Crippen molar-refractivity contribution in [1.82, 2.24) is 14.7 Å². The number of ether oxygens (including phenoxy) is 1. The molecule has 0 bridgehead atoms. The van der Waals surface area contributed by atoms with Gasteiger partial charge in [0.1, 0.15) is 0 Å². The topological polar surface area (TPSA) is 96.8 Å². The number of aryl methyl sites for hydroxylation is 1. The minimum Gasteiger partial charge on any atom is -0.378 e. The Morgan fingerprint density at radius 3 is 2.42 bits per heavy atom. The number of fused-ring (bicyclic) bond motifs is 1. The summed E-state index contributed by atoms with van der Waals surface area (Å²) in [7, 11) is 3.14. The Morgan fingerprint density at radius 2 is 1.73 bits per heavy atom. The lowest BCUT2D eigenvalue weighted by atomic mass is 10.1. The molecule has 1 aliphatic heterocycles. The van der Waals surface area contributed by atoms with E-state index in [-0.39, 0.29) is 30.3 Å². The van der Waals surface area contributed by atoms with E-state index in [1.807, 2.05) is 24.3 Å². The van der Waals surface area contributed by atoms with E-state index < -0.39 is 0 Å². The number of nitrogens with one attached hydrogen (secondary N) is 1. The first-order valence-electron chi connectivity index (χ1n) is 10.8. The van der Waals surface area contributed by atoms with Crippen LogP contribution in [0, 0.1) is 0 Å². The summed E-state index contributed by atoms with van der Waals surface area (Å²) in [5, 5.41) is 8.25. The van der Waals surface area contributed by atoms with Crippen LogP contribution in [0.25, 0.3) is 10.8 Å². The van der Waals surface area contributed by atoms with Crippen LogP contribution in [-0.2, 0) is 27.8 Å². The van der Waals surface area contributed by atoms with Crippen LogP contribution in [-0.4, -0.2) is 66.4 Å². The van der Waals surface area contributed by atoms with Crippen molar-refractivity contribution in [2.75, 3.05) is 50.1 Å². The first-order chi connectivity index (χ1) is 15.9. The monoisotopic (exact) mass is 449 g/mol. The molecule has 0 unspecified atom stereocenters. The first-order valence-corrected chi connectivity index (χ1v) is 10.8. The highest BCUT2D eigenvalue weighted by Crippen LogP contribution is 2.19. The molecule has 33 heavy (non-hydrogen) atoms. The lowest BCUT2D eigenvalue weighted by Crippen LogP contribution is -2.36. The van der Waals surface area contributed by atoms with E-state index >= 15 is 0 Å². The van der Waals surface area contributed by atoms with Crippen molar-refractivity contribution in [3.8, 4) is 0 Å². The molecule has 1 N–H and O–H groups in total. The molecule has 4 rings (SSSR count). The van der Waals surface area contributed by atoms with Gasteiger partial charge < -0.3 is 19.9 Å². The van der Waals surface area contributed by atoms with Crippen LogP contribution >= 0.6 is 0 Å². The third kappa shape index (κ3) is 5.20. The van der Waals surface area contributed by atoms with Crippen LogP contribution in [0.3, 0.4) is 0 Å². The number of likely N-dealkylation sites (N-methyl/N-ethyl adjacent to an activating group) is 1. The number of carbonyl (C=O) groups is 2. The zero-order chi connectivity index (χ0) is 23.4. The summed E-state index contributed by atoms with van der Waals surface area (Å²) in [6, 6.07) is 14.7. The number of benzene rings is 2. The molecule has 1 aromatic heterocycles. The Kier molecular flexibility index (Phi) is 6.69. The number of hydrogen-bond acceptors (Lipinski definition) is 6. The molecule has 2 amide bonds. The first kappa shape index (κ1) is 22.5. The molecular weight excluding hydrogens is 422 g/mol. The van der Waals surface area contributed by atoms with E-state index in [0.717, 1.165) is 18.8 Å². The summed E-state index contributed by atoms with van der Waals surface area (Å²) < 4.78 is 6.61. The highest BCUT2D eigenvalue weighted by atomic mass is 16.5. The van der Waals surface area contributed by atoms with Crippen molar-refractivity contribution in [2.45, 2.75) is 6.42 Å². The minimum atomic E-state index is -0.289. The molecule has 1 saturated heterocycles. The van der Waals surface area contributed by atoms with Crippen LogP contribution in [0.15, 0.2) is 53.3 Å². The molecule has 9 heteroatoms. The van der Waals surface area contributed by atoms with Crippen molar-refractivity contribution in [2.24, 2.45) is 7.05 Å². The molecule has 1 aliphatic rings. The van der Waals surface area contributed by atoms with Crippen LogP contribution in [0.4, 0.5) is 11.4 Å². The van der Waals surface area contributed by atoms with Crippen molar-refractivity contribution < 1.29 is 14.3 Å². The Labute approximate surface area is 191 Å². The third-order valence-electron chi connectivity index (χ3n) is 5.69. The van der Waals surface area contributed by atoms with Gasteiger partial charge in [0.05, 0.1) is 37.3 Å². The normalized spacial score (nSPS) is 13.7. The van der Waals surface area contributed by atoms with Gasteiger partial charge in [-0.05, 0) is 30.3 Å². The number of rotatable bonds is 6. The van der Waals surface area contributed by atoms with Gasteiger partial charge >= 0.3 is 0 Å². The third-order valence-corrected chi connectivity index (χ3v) is 5.69. The van der Waals surface area contributed by atoms with Crippen molar-refractivity contribution in [3.63, 3.8) is 0 Å². The maximum absolute atomic E-state index is 12.8. The number of anilines is 2. The highest BCUT2D eigenvalue weighted by molar-refractivity contribution is 5.95. The van der Waals surface area contributed by atoms with E-state index in [9.17, 15) is 14.4 Å². The minimum absolute atomic E-state index is 0.00728. The zero-order valence-electron chi connectivity index (χ0n) is 18.8. The molecule has 0 aliphatic carbocycles. The summed E-state index contributed by atoms with van der Waals surface area (Å²) in [6.45, 7) is 3.03. The van der Waals surface area contributed by atoms with Crippen LogP contribution in [0.5, 0.6) is 0 Å². The van der Waals surface area contributed by atoms with Crippen molar-refractivity contribution >= 4 is 34.0 Å². The van der Waals surface area contributed by atoms with Gasteiger partial charge in [0.15, 0.2) is 0 Å². The quantitative estimate of drug-likeness (QED) is 0.611. The van der Waals surface area contributed by atoms with Crippen molar-refractivity contribution in [1.29, 1.82) is 0 Å². The second-order valence-corrected chi connectivity index (χ2v) is 8.04. The average Bonchev–Trinajstić information content (AvgIpc) is 2.83. The lowest BCUT2D eigenvalue weighted by molar-refractivity contribution is -0.132. The Balaban J connectivity index is 1.36. The molecule has 9 nitrogen and oxygen atoms in total. The SMILES string of the molecule is CN(CC(=O)Nc1ccc(N2CCOCC2)cc1)C(=O)Cc1nn(C)c(=O)c2ccccc12. The maximum atomic E-state index is 12.8. The second-order valence-electron chi connectivity index (χ2n) is 8.04. The summed E-state index contributed by atoms with van der Waals surface area (Å²) >= 11 is 0. The lowest BCUT2D eigenvalue weighted by Gasteiger charge is -2.28.